The molecule has 1 heterocycles. The van der Waals surface area contributed by atoms with E-state index in [1.165, 1.54) is 0 Å². The molecular weight excluding hydrogens is 326 g/mol. The standard InChI is InChI=1S/C20H21N5O/c1-22-10-11-24(2)14-19-23-18-9-8-15(13-21)12-17(18)20(26)25(19)16-6-4-3-5-7-16/h3-9,12,22H,10-11,14H2,1-2H3. The van der Waals surface area contributed by atoms with Gasteiger partial charge in [-0.1, -0.05) is 18.2 Å². The molecule has 0 aliphatic carbocycles. The van der Waals surface area contributed by atoms with Crippen LogP contribution in [-0.4, -0.2) is 41.6 Å². The van der Waals surface area contributed by atoms with Crippen LogP contribution in [0.3, 0.4) is 0 Å². The van der Waals surface area contributed by atoms with Crippen molar-refractivity contribution in [2.24, 2.45) is 0 Å². The maximum atomic E-state index is 13.2. The summed E-state index contributed by atoms with van der Waals surface area (Å²) in [6.07, 6.45) is 0. The van der Waals surface area contributed by atoms with Gasteiger partial charge in [-0.15, -0.1) is 0 Å². The highest BCUT2D eigenvalue weighted by Gasteiger charge is 2.14. The molecular formula is C20H21N5O. The van der Waals surface area contributed by atoms with Crippen LogP contribution in [0.5, 0.6) is 0 Å². The SMILES string of the molecule is CNCCN(C)Cc1nc2ccc(C#N)cc2c(=O)n1-c1ccccc1. The average Bonchev–Trinajstić information content (AvgIpc) is 2.67. The molecule has 0 unspecified atom stereocenters. The van der Waals surface area contributed by atoms with E-state index in [9.17, 15) is 4.79 Å². The van der Waals surface area contributed by atoms with E-state index in [0.717, 1.165) is 18.8 Å². The number of benzene rings is 2. The van der Waals surface area contributed by atoms with Crippen LogP contribution in [0.25, 0.3) is 16.6 Å². The fourth-order valence-electron chi connectivity index (χ4n) is 2.87. The van der Waals surface area contributed by atoms with Gasteiger partial charge in [0.2, 0.25) is 0 Å². The first-order valence-corrected chi connectivity index (χ1v) is 8.48. The third kappa shape index (κ3) is 3.64. The summed E-state index contributed by atoms with van der Waals surface area (Å²) < 4.78 is 1.64. The maximum absolute atomic E-state index is 13.2. The van der Waals surface area contributed by atoms with Crippen molar-refractivity contribution in [3.63, 3.8) is 0 Å². The van der Waals surface area contributed by atoms with Gasteiger partial charge < -0.3 is 5.32 Å². The van der Waals surface area contributed by atoms with Crippen molar-refractivity contribution < 1.29 is 0 Å². The molecule has 0 bridgehead atoms. The molecule has 0 fully saturated rings. The lowest BCUT2D eigenvalue weighted by Crippen LogP contribution is -2.31. The number of fused-ring (bicyclic) bond motifs is 1. The lowest BCUT2D eigenvalue weighted by molar-refractivity contribution is 0.317. The molecule has 0 aliphatic heterocycles. The highest BCUT2D eigenvalue weighted by atomic mass is 16.1. The summed E-state index contributed by atoms with van der Waals surface area (Å²) in [6.45, 7) is 2.24. The van der Waals surface area contributed by atoms with E-state index in [0.29, 0.717) is 28.8 Å². The summed E-state index contributed by atoms with van der Waals surface area (Å²) in [6, 6.07) is 16.6. The Morgan fingerprint density at radius 2 is 2.00 bits per heavy atom. The number of nitrogens with one attached hydrogen (secondary N) is 1. The fourth-order valence-corrected chi connectivity index (χ4v) is 2.87. The number of nitriles is 1. The number of hydrogen-bond donors (Lipinski definition) is 1. The maximum Gasteiger partial charge on any atom is 0.266 e. The average molecular weight is 347 g/mol. The second kappa shape index (κ2) is 7.91. The Balaban J connectivity index is 2.18. The Bertz CT molecular complexity index is 1000. The highest BCUT2D eigenvalue weighted by Crippen LogP contribution is 2.15. The van der Waals surface area contributed by atoms with Crippen LogP contribution in [0.4, 0.5) is 0 Å². The summed E-state index contributed by atoms with van der Waals surface area (Å²) in [5.74, 6) is 0.678. The number of para-hydroxylation sites is 1. The number of aromatic nitrogens is 2. The quantitative estimate of drug-likeness (QED) is 0.737. The molecule has 0 aliphatic rings. The number of hydrogen-bond acceptors (Lipinski definition) is 5. The van der Waals surface area contributed by atoms with Crippen LogP contribution in [0.15, 0.2) is 53.3 Å². The molecule has 132 valence electrons. The molecule has 26 heavy (non-hydrogen) atoms. The molecule has 0 spiro atoms. The van der Waals surface area contributed by atoms with Gasteiger partial charge in [-0.3, -0.25) is 14.3 Å². The van der Waals surface area contributed by atoms with Gasteiger partial charge in [0.05, 0.1) is 34.8 Å². The van der Waals surface area contributed by atoms with Crippen molar-refractivity contribution in [2.75, 3.05) is 27.2 Å². The second-order valence-corrected chi connectivity index (χ2v) is 6.19. The zero-order valence-electron chi connectivity index (χ0n) is 14.9. The van der Waals surface area contributed by atoms with Crippen molar-refractivity contribution in [3.05, 3.63) is 70.3 Å². The Kier molecular flexibility index (Phi) is 5.42. The van der Waals surface area contributed by atoms with E-state index >= 15 is 0 Å². The van der Waals surface area contributed by atoms with Gasteiger partial charge in [0.15, 0.2) is 0 Å². The third-order valence-corrected chi connectivity index (χ3v) is 4.24. The highest BCUT2D eigenvalue weighted by molar-refractivity contribution is 5.79. The van der Waals surface area contributed by atoms with Crippen molar-refractivity contribution in [2.45, 2.75) is 6.54 Å². The fraction of sp³-hybridized carbons (Fsp3) is 0.250. The van der Waals surface area contributed by atoms with Gasteiger partial charge in [0, 0.05) is 13.1 Å². The van der Waals surface area contributed by atoms with Gasteiger partial charge in [0.25, 0.3) is 5.56 Å². The molecule has 0 atom stereocenters. The minimum absolute atomic E-state index is 0.157. The van der Waals surface area contributed by atoms with Gasteiger partial charge >= 0.3 is 0 Å². The molecule has 2 aromatic carbocycles. The number of rotatable bonds is 6. The van der Waals surface area contributed by atoms with Crippen LogP contribution in [-0.2, 0) is 6.54 Å². The van der Waals surface area contributed by atoms with E-state index in [4.69, 9.17) is 10.2 Å². The summed E-state index contributed by atoms with van der Waals surface area (Å²) in [4.78, 5) is 20.0. The van der Waals surface area contributed by atoms with Crippen molar-refractivity contribution in [1.29, 1.82) is 5.26 Å². The predicted octanol–water partition coefficient (Wildman–Crippen LogP) is 1.91. The first-order valence-electron chi connectivity index (χ1n) is 8.48. The minimum Gasteiger partial charge on any atom is -0.318 e. The van der Waals surface area contributed by atoms with Gasteiger partial charge in [-0.05, 0) is 44.4 Å². The van der Waals surface area contributed by atoms with Crippen LogP contribution in [0, 0.1) is 11.3 Å². The lowest BCUT2D eigenvalue weighted by Gasteiger charge is -2.19. The molecule has 0 radical (unpaired) electrons. The Hall–Kier alpha value is -3.01. The van der Waals surface area contributed by atoms with Crippen LogP contribution < -0.4 is 10.9 Å². The largest absolute Gasteiger partial charge is 0.318 e. The molecule has 6 nitrogen and oxygen atoms in total. The Morgan fingerprint density at radius 3 is 2.69 bits per heavy atom. The van der Waals surface area contributed by atoms with E-state index in [1.54, 1.807) is 22.8 Å². The van der Waals surface area contributed by atoms with Crippen LogP contribution in [0.2, 0.25) is 0 Å². The van der Waals surface area contributed by atoms with Gasteiger partial charge in [0.1, 0.15) is 5.82 Å². The van der Waals surface area contributed by atoms with Crippen LogP contribution >= 0.6 is 0 Å². The first-order chi connectivity index (χ1) is 12.6. The monoisotopic (exact) mass is 347 g/mol. The van der Waals surface area contributed by atoms with Crippen molar-refractivity contribution >= 4 is 10.9 Å². The summed E-state index contributed by atoms with van der Waals surface area (Å²) in [7, 11) is 3.91. The van der Waals surface area contributed by atoms with Crippen LogP contribution in [0.1, 0.15) is 11.4 Å². The normalized spacial score (nSPS) is 11.0. The predicted molar refractivity (Wildman–Crippen MR) is 102 cm³/mol. The summed E-state index contributed by atoms with van der Waals surface area (Å²) in [5, 5.41) is 12.7. The molecule has 1 N–H and O–H groups in total. The zero-order chi connectivity index (χ0) is 18.5. The topological polar surface area (TPSA) is 74.0 Å². The van der Waals surface area contributed by atoms with E-state index < -0.39 is 0 Å². The molecule has 0 saturated heterocycles. The lowest BCUT2D eigenvalue weighted by atomic mass is 10.1. The first kappa shape index (κ1) is 17.8. The van der Waals surface area contributed by atoms with Gasteiger partial charge in [-0.25, -0.2) is 4.98 Å². The zero-order valence-corrected chi connectivity index (χ0v) is 14.9. The molecule has 3 aromatic rings. The van der Waals surface area contributed by atoms with E-state index in [2.05, 4.69) is 16.3 Å². The summed E-state index contributed by atoms with van der Waals surface area (Å²) >= 11 is 0. The molecule has 1 aromatic heterocycles. The van der Waals surface area contributed by atoms with E-state index in [1.807, 2.05) is 44.4 Å². The van der Waals surface area contributed by atoms with Crippen molar-refractivity contribution in [3.8, 4) is 11.8 Å². The van der Waals surface area contributed by atoms with Crippen molar-refractivity contribution in [1.82, 2.24) is 19.8 Å². The minimum atomic E-state index is -0.157. The Labute approximate surface area is 152 Å². The second-order valence-electron chi connectivity index (χ2n) is 6.19. The Morgan fingerprint density at radius 1 is 1.23 bits per heavy atom. The molecule has 0 saturated carbocycles. The number of likely N-dealkylation sites (N-methyl/N-ethyl adjacent to an activating group) is 2. The van der Waals surface area contributed by atoms with E-state index in [-0.39, 0.29) is 5.56 Å². The van der Waals surface area contributed by atoms with Gasteiger partial charge in [-0.2, -0.15) is 5.26 Å². The molecule has 3 rings (SSSR count). The number of nitrogens with zero attached hydrogens (tertiary/aromatic N) is 4. The third-order valence-electron chi connectivity index (χ3n) is 4.24. The molecule has 0 amide bonds. The molecule has 6 heteroatoms. The summed E-state index contributed by atoms with van der Waals surface area (Å²) in [5.41, 5.74) is 1.68. The smallest absolute Gasteiger partial charge is 0.266 e.